The van der Waals surface area contributed by atoms with Gasteiger partial charge in [-0.15, -0.1) is 10.2 Å². The minimum atomic E-state index is -3.75. The lowest BCUT2D eigenvalue weighted by Crippen LogP contribution is -2.48. The Morgan fingerprint density at radius 1 is 1.09 bits per heavy atom. The SMILES string of the molecule is CCCCS(=O)(=O)N(Cc1ccc(-c2ccccc2-c2nn[nH]n2)cc1)[C@H](C(=O)O)C(C)C. The van der Waals surface area contributed by atoms with Gasteiger partial charge in [-0.05, 0) is 34.2 Å². The van der Waals surface area contributed by atoms with Crippen molar-refractivity contribution in [3.8, 4) is 22.5 Å². The number of carboxylic acid groups (broad SMARTS) is 1. The number of H-pyrrole nitrogens is 1. The third-order valence-corrected chi connectivity index (χ3v) is 7.30. The molecule has 0 fully saturated rings. The number of benzene rings is 2. The number of nitrogens with one attached hydrogen (secondary N) is 1. The van der Waals surface area contributed by atoms with E-state index < -0.39 is 22.0 Å². The van der Waals surface area contributed by atoms with Gasteiger partial charge in [0.15, 0.2) is 0 Å². The van der Waals surface area contributed by atoms with E-state index in [-0.39, 0.29) is 18.2 Å². The van der Waals surface area contributed by atoms with E-state index in [9.17, 15) is 18.3 Å². The minimum Gasteiger partial charge on any atom is -0.480 e. The summed E-state index contributed by atoms with van der Waals surface area (Å²) < 4.78 is 27.2. The fourth-order valence-electron chi connectivity index (χ4n) is 3.73. The number of hydrogen-bond donors (Lipinski definition) is 2. The van der Waals surface area contributed by atoms with E-state index in [0.29, 0.717) is 24.2 Å². The van der Waals surface area contributed by atoms with Crippen LogP contribution in [0.15, 0.2) is 48.5 Å². The number of unbranched alkanes of at least 4 members (excludes halogenated alkanes) is 1. The normalized spacial score (nSPS) is 12.9. The summed E-state index contributed by atoms with van der Waals surface area (Å²) in [5, 5.41) is 24.0. The second-order valence-corrected chi connectivity index (χ2v) is 10.3. The first-order chi connectivity index (χ1) is 15.7. The predicted octanol–water partition coefficient (Wildman–Crippen LogP) is 3.57. The minimum absolute atomic E-state index is 0.00599. The zero-order chi connectivity index (χ0) is 24.0. The van der Waals surface area contributed by atoms with Crippen LogP contribution in [0.2, 0.25) is 0 Å². The van der Waals surface area contributed by atoms with E-state index in [4.69, 9.17) is 0 Å². The zero-order valence-corrected chi connectivity index (χ0v) is 19.8. The zero-order valence-electron chi connectivity index (χ0n) is 19.0. The Labute approximate surface area is 193 Å². The number of carbonyl (C=O) groups is 1. The molecule has 0 saturated carbocycles. The molecule has 2 aromatic carbocycles. The molecule has 0 aliphatic carbocycles. The molecule has 1 aromatic heterocycles. The Balaban J connectivity index is 1.92. The average Bonchev–Trinajstić information content (AvgIpc) is 3.32. The standard InChI is InChI=1S/C23H29N5O4S/c1-4-5-14-33(31,32)28(21(16(2)3)23(29)30)15-17-10-12-18(13-11-17)19-8-6-7-9-20(19)22-24-26-27-25-22/h6-13,16,21H,4-5,14-15H2,1-3H3,(H,29,30)(H,24,25,26,27)/t21-/m0/s1. The maximum Gasteiger partial charge on any atom is 0.322 e. The molecule has 0 spiro atoms. The molecule has 9 nitrogen and oxygen atoms in total. The second kappa shape index (κ2) is 10.7. The van der Waals surface area contributed by atoms with Crippen molar-refractivity contribution in [1.82, 2.24) is 24.9 Å². The van der Waals surface area contributed by atoms with E-state index in [1.807, 2.05) is 55.5 Å². The molecular weight excluding hydrogens is 442 g/mol. The number of tetrazole rings is 1. The van der Waals surface area contributed by atoms with E-state index in [0.717, 1.165) is 21.0 Å². The molecule has 1 heterocycles. The number of sulfonamides is 1. The van der Waals surface area contributed by atoms with Gasteiger partial charge in [0.05, 0.1) is 5.75 Å². The van der Waals surface area contributed by atoms with Gasteiger partial charge in [0.25, 0.3) is 0 Å². The lowest BCUT2D eigenvalue weighted by molar-refractivity contribution is -0.143. The van der Waals surface area contributed by atoms with Crippen molar-refractivity contribution in [1.29, 1.82) is 0 Å². The van der Waals surface area contributed by atoms with E-state index in [1.54, 1.807) is 13.8 Å². The fraction of sp³-hybridized carbons (Fsp3) is 0.391. The Kier molecular flexibility index (Phi) is 7.93. The lowest BCUT2D eigenvalue weighted by atomic mass is 9.98. The predicted molar refractivity (Wildman–Crippen MR) is 126 cm³/mol. The third-order valence-electron chi connectivity index (χ3n) is 5.42. The summed E-state index contributed by atoms with van der Waals surface area (Å²) in [5.74, 6) is -1.12. The molecule has 2 N–H and O–H groups in total. The van der Waals surface area contributed by atoms with Crippen molar-refractivity contribution in [2.24, 2.45) is 5.92 Å². The van der Waals surface area contributed by atoms with Gasteiger partial charge in [-0.3, -0.25) is 4.79 Å². The largest absolute Gasteiger partial charge is 0.480 e. The van der Waals surface area contributed by atoms with Crippen LogP contribution in [0.3, 0.4) is 0 Å². The Morgan fingerprint density at radius 2 is 1.76 bits per heavy atom. The summed E-state index contributed by atoms with van der Waals surface area (Å²) in [6.07, 6.45) is 1.19. The number of carboxylic acids is 1. The van der Waals surface area contributed by atoms with Gasteiger partial charge in [0.2, 0.25) is 15.8 Å². The summed E-state index contributed by atoms with van der Waals surface area (Å²) in [6, 6.07) is 13.9. The summed E-state index contributed by atoms with van der Waals surface area (Å²) in [4.78, 5) is 12.0. The van der Waals surface area contributed by atoms with Crippen molar-refractivity contribution >= 4 is 16.0 Å². The van der Waals surface area contributed by atoms with Crippen molar-refractivity contribution in [2.75, 3.05) is 5.75 Å². The molecule has 0 amide bonds. The van der Waals surface area contributed by atoms with Gasteiger partial charge < -0.3 is 5.11 Å². The average molecular weight is 472 g/mol. The monoisotopic (exact) mass is 471 g/mol. The molecule has 3 aromatic rings. The highest BCUT2D eigenvalue weighted by Crippen LogP contribution is 2.30. The van der Waals surface area contributed by atoms with Crippen molar-refractivity contribution in [3.05, 3.63) is 54.1 Å². The first kappa shape index (κ1) is 24.5. The van der Waals surface area contributed by atoms with Gasteiger partial charge in [-0.1, -0.05) is 75.7 Å². The third kappa shape index (κ3) is 5.82. The van der Waals surface area contributed by atoms with Crippen molar-refractivity contribution in [3.63, 3.8) is 0 Å². The first-order valence-corrected chi connectivity index (χ1v) is 12.5. The van der Waals surface area contributed by atoms with Gasteiger partial charge in [0.1, 0.15) is 6.04 Å². The molecule has 0 aliphatic heterocycles. The quantitative estimate of drug-likeness (QED) is 0.437. The molecule has 33 heavy (non-hydrogen) atoms. The summed E-state index contributed by atoms with van der Waals surface area (Å²) in [6.45, 7) is 5.34. The molecule has 10 heteroatoms. The van der Waals surface area contributed by atoms with Crippen molar-refractivity contribution < 1.29 is 18.3 Å². The van der Waals surface area contributed by atoms with Crippen LogP contribution in [0.4, 0.5) is 0 Å². The van der Waals surface area contributed by atoms with Gasteiger partial charge in [-0.2, -0.15) is 9.52 Å². The van der Waals surface area contributed by atoms with Crippen LogP contribution in [-0.4, -0.2) is 56.2 Å². The second-order valence-electron chi connectivity index (χ2n) is 8.22. The molecule has 0 radical (unpaired) electrons. The van der Waals surface area contributed by atoms with Crippen LogP contribution in [-0.2, 0) is 21.4 Å². The number of nitrogens with zero attached hydrogens (tertiary/aromatic N) is 4. The lowest BCUT2D eigenvalue weighted by Gasteiger charge is -2.30. The fourth-order valence-corrected chi connectivity index (χ4v) is 5.64. The maximum atomic E-state index is 13.0. The highest BCUT2D eigenvalue weighted by Gasteiger charge is 2.36. The Morgan fingerprint density at radius 3 is 2.30 bits per heavy atom. The van der Waals surface area contributed by atoms with Crippen molar-refractivity contribution in [2.45, 2.75) is 46.2 Å². The Hall–Kier alpha value is -3.11. The van der Waals surface area contributed by atoms with Crippen LogP contribution < -0.4 is 0 Å². The molecule has 1 atom stereocenters. The highest BCUT2D eigenvalue weighted by molar-refractivity contribution is 7.89. The smallest absolute Gasteiger partial charge is 0.322 e. The summed E-state index contributed by atoms with van der Waals surface area (Å²) >= 11 is 0. The number of rotatable bonds is 11. The van der Waals surface area contributed by atoms with E-state index >= 15 is 0 Å². The highest BCUT2D eigenvalue weighted by atomic mass is 32.2. The van der Waals surface area contributed by atoms with E-state index in [1.165, 1.54) is 0 Å². The van der Waals surface area contributed by atoms with Crippen LogP contribution in [0.5, 0.6) is 0 Å². The van der Waals surface area contributed by atoms with Gasteiger partial charge in [-0.25, -0.2) is 8.42 Å². The number of aromatic amines is 1. The molecule has 176 valence electrons. The molecular formula is C23H29N5O4S. The van der Waals surface area contributed by atoms with Gasteiger partial charge in [0, 0.05) is 12.1 Å². The molecule has 3 rings (SSSR count). The van der Waals surface area contributed by atoms with Gasteiger partial charge >= 0.3 is 5.97 Å². The number of hydrogen-bond acceptors (Lipinski definition) is 6. The number of aromatic nitrogens is 4. The molecule has 0 bridgehead atoms. The summed E-state index contributed by atoms with van der Waals surface area (Å²) in [5.41, 5.74) is 3.33. The van der Waals surface area contributed by atoms with Crippen LogP contribution in [0.1, 0.15) is 39.2 Å². The Bertz CT molecular complexity index is 1160. The first-order valence-electron chi connectivity index (χ1n) is 10.9. The topological polar surface area (TPSA) is 129 Å². The molecule has 0 unspecified atom stereocenters. The number of aliphatic carboxylic acids is 1. The summed E-state index contributed by atoms with van der Waals surface area (Å²) in [7, 11) is -3.75. The maximum absolute atomic E-state index is 13.0. The molecule has 0 saturated heterocycles. The van der Waals surface area contributed by atoms with E-state index in [2.05, 4.69) is 20.6 Å². The van der Waals surface area contributed by atoms with Crippen LogP contribution in [0, 0.1) is 5.92 Å². The molecule has 0 aliphatic rings. The van der Waals surface area contributed by atoms with Crippen LogP contribution in [0.25, 0.3) is 22.5 Å². The van der Waals surface area contributed by atoms with Crippen LogP contribution >= 0.6 is 0 Å².